The predicted octanol–water partition coefficient (Wildman–Crippen LogP) is 2.31. The van der Waals surface area contributed by atoms with E-state index in [4.69, 9.17) is 4.74 Å². The van der Waals surface area contributed by atoms with Crippen LogP contribution in [0.3, 0.4) is 0 Å². The molecule has 1 fully saturated rings. The first-order valence-electron chi connectivity index (χ1n) is 9.13. The molecule has 2 heterocycles. The molecule has 1 aliphatic rings. The van der Waals surface area contributed by atoms with Crippen molar-refractivity contribution in [3.63, 3.8) is 0 Å². The Bertz CT molecular complexity index is 979. The minimum Gasteiger partial charge on any atom is -0.453 e. The Hall–Kier alpha value is -3.16. The Labute approximate surface area is 162 Å². The van der Waals surface area contributed by atoms with Gasteiger partial charge in [-0.2, -0.15) is 0 Å². The van der Waals surface area contributed by atoms with Gasteiger partial charge in [-0.05, 0) is 33.3 Å². The summed E-state index contributed by atoms with van der Waals surface area (Å²) in [6, 6.07) is 6.72. The fourth-order valence-corrected chi connectivity index (χ4v) is 3.34. The van der Waals surface area contributed by atoms with Crippen molar-refractivity contribution in [2.45, 2.75) is 45.8 Å². The van der Waals surface area contributed by atoms with E-state index >= 15 is 0 Å². The van der Waals surface area contributed by atoms with Gasteiger partial charge < -0.3 is 15.0 Å². The lowest BCUT2D eigenvalue weighted by atomic mass is 9.99. The summed E-state index contributed by atoms with van der Waals surface area (Å²) in [5.74, 6) is -1.65. The van der Waals surface area contributed by atoms with Gasteiger partial charge >= 0.3 is 12.0 Å². The lowest BCUT2D eigenvalue weighted by Gasteiger charge is -2.19. The Morgan fingerprint density at radius 1 is 1.25 bits per heavy atom. The third-order valence-electron chi connectivity index (χ3n) is 5.16. The maximum absolute atomic E-state index is 12.8. The van der Waals surface area contributed by atoms with Crippen molar-refractivity contribution in [3.05, 3.63) is 35.5 Å². The molecule has 2 atom stereocenters. The number of para-hydroxylation sites is 1. The zero-order valence-electron chi connectivity index (χ0n) is 16.3. The van der Waals surface area contributed by atoms with E-state index in [0.29, 0.717) is 17.7 Å². The number of aromatic nitrogens is 1. The molecule has 0 saturated carbocycles. The van der Waals surface area contributed by atoms with Crippen LogP contribution in [-0.4, -0.2) is 51.8 Å². The van der Waals surface area contributed by atoms with Gasteiger partial charge in [0.05, 0.1) is 0 Å². The smallest absolute Gasteiger partial charge is 0.326 e. The van der Waals surface area contributed by atoms with Gasteiger partial charge in [-0.3, -0.25) is 19.3 Å². The van der Waals surface area contributed by atoms with E-state index in [1.807, 2.05) is 24.3 Å². The molecule has 0 bridgehead atoms. The zero-order valence-corrected chi connectivity index (χ0v) is 16.3. The van der Waals surface area contributed by atoms with Gasteiger partial charge in [0.25, 0.3) is 5.91 Å². The van der Waals surface area contributed by atoms with E-state index in [1.54, 1.807) is 20.8 Å². The molecule has 28 heavy (non-hydrogen) atoms. The number of rotatable bonds is 6. The van der Waals surface area contributed by atoms with Gasteiger partial charge in [-0.15, -0.1) is 0 Å². The fraction of sp³-hybridized carbons (Fsp3) is 0.400. The monoisotopic (exact) mass is 385 g/mol. The number of urea groups is 1. The Balaban J connectivity index is 1.71. The summed E-state index contributed by atoms with van der Waals surface area (Å²) >= 11 is 0. The maximum atomic E-state index is 12.8. The number of hydrogen-bond acceptors (Lipinski definition) is 5. The molecule has 8 heteroatoms. The second kappa shape index (κ2) is 7.10. The van der Waals surface area contributed by atoms with Crippen LogP contribution in [0, 0.1) is 6.92 Å². The van der Waals surface area contributed by atoms with E-state index in [1.165, 1.54) is 6.92 Å². The van der Waals surface area contributed by atoms with Crippen LogP contribution in [0.5, 0.6) is 0 Å². The van der Waals surface area contributed by atoms with E-state index in [9.17, 15) is 19.2 Å². The molecular weight excluding hydrogens is 362 g/mol. The Morgan fingerprint density at radius 2 is 1.93 bits per heavy atom. The van der Waals surface area contributed by atoms with Crippen LogP contribution in [0.1, 0.15) is 43.2 Å². The molecule has 2 aromatic rings. The Kier molecular flexibility index (Phi) is 4.97. The summed E-state index contributed by atoms with van der Waals surface area (Å²) in [6.45, 7) is 6.09. The number of ether oxygens (including phenoxy) is 1. The first kappa shape index (κ1) is 19.6. The highest BCUT2D eigenvalue weighted by atomic mass is 16.5. The molecule has 1 aromatic carbocycles. The average Bonchev–Trinajstić information content (AvgIpc) is 3.09. The molecule has 1 saturated heterocycles. The largest absolute Gasteiger partial charge is 0.453 e. The third kappa shape index (κ3) is 3.26. The van der Waals surface area contributed by atoms with Gasteiger partial charge in [-0.25, -0.2) is 4.79 Å². The molecule has 3 rings (SSSR count). The number of hydrogen-bond donors (Lipinski definition) is 2. The van der Waals surface area contributed by atoms with Crippen molar-refractivity contribution in [2.75, 3.05) is 6.54 Å². The molecule has 0 aliphatic carbocycles. The number of nitrogens with one attached hydrogen (secondary N) is 2. The average molecular weight is 385 g/mol. The summed E-state index contributed by atoms with van der Waals surface area (Å²) in [4.78, 5) is 53.4. The summed E-state index contributed by atoms with van der Waals surface area (Å²) in [6.07, 6.45) is -0.651. The quantitative estimate of drug-likeness (QED) is 0.451. The lowest BCUT2D eigenvalue weighted by Crippen LogP contribution is -2.43. The molecule has 3 amide bonds. The van der Waals surface area contributed by atoms with Crippen LogP contribution in [0.4, 0.5) is 4.79 Å². The van der Waals surface area contributed by atoms with E-state index in [0.717, 1.165) is 15.8 Å². The number of ketones is 1. The Morgan fingerprint density at radius 3 is 2.57 bits per heavy atom. The van der Waals surface area contributed by atoms with Crippen LogP contribution in [0.15, 0.2) is 24.3 Å². The van der Waals surface area contributed by atoms with Crippen molar-refractivity contribution < 1.29 is 23.9 Å². The number of benzene rings is 1. The first-order chi connectivity index (χ1) is 13.2. The van der Waals surface area contributed by atoms with Crippen molar-refractivity contribution in [2.24, 2.45) is 0 Å². The molecule has 148 valence electrons. The van der Waals surface area contributed by atoms with Gasteiger partial charge in [-0.1, -0.05) is 25.1 Å². The van der Waals surface area contributed by atoms with Crippen molar-refractivity contribution in [1.82, 2.24) is 15.2 Å². The van der Waals surface area contributed by atoms with Gasteiger partial charge in [0.1, 0.15) is 12.1 Å². The standard InChI is InChI=1S/C20H23N3O5/c1-5-20(4)18(26)23(19(27)22-20)10-15(24)28-12(3)17(25)16-11(2)21-14-9-7-6-8-13(14)16/h6-9,12,21H,5,10H2,1-4H3,(H,22,27)/t12-,20+/m0/s1. The van der Waals surface area contributed by atoms with Crippen molar-refractivity contribution in [3.8, 4) is 0 Å². The van der Waals surface area contributed by atoms with E-state index in [-0.39, 0.29) is 5.78 Å². The number of carbonyl (C=O) groups is 4. The number of aromatic amines is 1. The predicted molar refractivity (Wildman–Crippen MR) is 102 cm³/mol. The summed E-state index contributed by atoms with van der Waals surface area (Å²) in [5, 5.41) is 3.32. The SMILES string of the molecule is CC[C@@]1(C)NC(=O)N(CC(=O)O[C@@H](C)C(=O)c2c(C)[nH]c3ccccc23)C1=O. The second-order valence-electron chi connectivity index (χ2n) is 7.17. The molecule has 1 aliphatic heterocycles. The van der Waals surface area contributed by atoms with E-state index < -0.39 is 36.1 Å². The van der Waals surface area contributed by atoms with Gasteiger partial charge in [0, 0.05) is 22.2 Å². The highest BCUT2D eigenvalue weighted by molar-refractivity contribution is 6.12. The normalized spacial score (nSPS) is 20.4. The number of aryl methyl sites for hydroxylation is 1. The number of imide groups is 1. The molecule has 0 unspecified atom stereocenters. The number of carbonyl (C=O) groups excluding carboxylic acids is 4. The van der Waals surface area contributed by atoms with Crippen LogP contribution in [0.2, 0.25) is 0 Å². The first-order valence-corrected chi connectivity index (χ1v) is 9.13. The number of fused-ring (bicyclic) bond motifs is 1. The maximum Gasteiger partial charge on any atom is 0.326 e. The van der Waals surface area contributed by atoms with Crippen LogP contribution in [0.25, 0.3) is 10.9 Å². The number of nitrogens with zero attached hydrogens (tertiary/aromatic N) is 1. The zero-order chi connectivity index (χ0) is 20.6. The highest BCUT2D eigenvalue weighted by Gasteiger charge is 2.47. The number of H-pyrrole nitrogens is 1. The minimum absolute atomic E-state index is 0.348. The fourth-order valence-electron chi connectivity index (χ4n) is 3.34. The summed E-state index contributed by atoms with van der Waals surface area (Å²) in [7, 11) is 0. The summed E-state index contributed by atoms with van der Waals surface area (Å²) < 4.78 is 5.22. The molecule has 0 spiro atoms. The highest BCUT2D eigenvalue weighted by Crippen LogP contribution is 2.24. The topological polar surface area (TPSA) is 109 Å². The van der Waals surface area contributed by atoms with Crippen molar-refractivity contribution >= 4 is 34.6 Å². The summed E-state index contributed by atoms with van der Waals surface area (Å²) in [5.41, 5.74) is 0.936. The molecule has 8 nitrogen and oxygen atoms in total. The number of esters is 1. The minimum atomic E-state index is -1.05. The van der Waals surface area contributed by atoms with Crippen molar-refractivity contribution in [1.29, 1.82) is 0 Å². The molecule has 0 radical (unpaired) electrons. The number of Topliss-reactive ketones (excluding diaryl/α,β-unsaturated/α-hetero) is 1. The third-order valence-corrected chi connectivity index (χ3v) is 5.16. The van der Waals surface area contributed by atoms with Crippen LogP contribution < -0.4 is 5.32 Å². The molecule has 2 N–H and O–H groups in total. The van der Waals surface area contributed by atoms with Crippen LogP contribution in [-0.2, 0) is 14.3 Å². The molecule has 1 aromatic heterocycles. The van der Waals surface area contributed by atoms with Crippen LogP contribution >= 0.6 is 0 Å². The number of amides is 3. The van der Waals surface area contributed by atoms with Gasteiger partial charge in [0.2, 0.25) is 5.78 Å². The molecular formula is C20H23N3O5. The lowest BCUT2D eigenvalue weighted by molar-refractivity contribution is -0.149. The second-order valence-corrected chi connectivity index (χ2v) is 7.17. The van der Waals surface area contributed by atoms with E-state index in [2.05, 4.69) is 10.3 Å². The van der Waals surface area contributed by atoms with Gasteiger partial charge in [0.15, 0.2) is 6.10 Å².